The van der Waals surface area contributed by atoms with Crippen LogP contribution in [0.25, 0.3) is 10.9 Å². The summed E-state index contributed by atoms with van der Waals surface area (Å²) in [5.41, 5.74) is 8.67. The van der Waals surface area contributed by atoms with Crippen LogP contribution in [0.15, 0.2) is 48.8 Å². The van der Waals surface area contributed by atoms with E-state index in [-0.39, 0.29) is 0 Å². The summed E-state index contributed by atoms with van der Waals surface area (Å²) in [4.78, 5) is 8.64. The summed E-state index contributed by atoms with van der Waals surface area (Å²) in [6, 6.07) is 11.9. The number of rotatable bonds is 4. The number of aromatic nitrogens is 2. The molecule has 0 saturated carbocycles. The minimum absolute atomic E-state index is 0.538. The number of nitrogen functional groups attached to an aromatic ring is 1. The van der Waals surface area contributed by atoms with Crippen LogP contribution in [0.4, 0.5) is 11.5 Å². The van der Waals surface area contributed by atoms with Crippen LogP contribution in [0.2, 0.25) is 5.02 Å². The first-order valence-electron chi connectivity index (χ1n) is 6.71. The van der Waals surface area contributed by atoms with E-state index in [1.54, 1.807) is 12.3 Å². The van der Waals surface area contributed by atoms with Crippen molar-refractivity contribution in [2.75, 3.05) is 17.6 Å². The zero-order chi connectivity index (χ0) is 14.7. The van der Waals surface area contributed by atoms with Gasteiger partial charge in [0.25, 0.3) is 0 Å². The molecule has 0 aliphatic heterocycles. The second kappa shape index (κ2) is 5.97. The van der Waals surface area contributed by atoms with E-state index in [2.05, 4.69) is 33.5 Å². The third-order valence-electron chi connectivity index (χ3n) is 3.29. The van der Waals surface area contributed by atoms with E-state index in [0.29, 0.717) is 16.5 Å². The maximum atomic E-state index is 5.87. The molecule has 0 fully saturated rings. The van der Waals surface area contributed by atoms with Gasteiger partial charge in [-0.25, -0.2) is 4.98 Å². The molecule has 0 atom stereocenters. The minimum Gasteiger partial charge on any atom is -0.396 e. The van der Waals surface area contributed by atoms with Gasteiger partial charge >= 0.3 is 0 Å². The van der Waals surface area contributed by atoms with Crippen molar-refractivity contribution >= 4 is 34.0 Å². The lowest BCUT2D eigenvalue weighted by atomic mass is 10.1. The Bertz CT molecular complexity index is 768. The molecular formula is C16H15ClN4. The number of hydrogen-bond acceptors (Lipinski definition) is 4. The molecule has 106 valence electrons. The van der Waals surface area contributed by atoms with E-state index in [4.69, 9.17) is 17.3 Å². The van der Waals surface area contributed by atoms with Crippen molar-refractivity contribution < 1.29 is 0 Å². The topological polar surface area (TPSA) is 63.8 Å². The number of fused-ring (bicyclic) bond motifs is 1. The number of benzene rings is 1. The molecule has 4 nitrogen and oxygen atoms in total. The number of halogens is 1. The first-order chi connectivity index (χ1) is 10.2. The van der Waals surface area contributed by atoms with Gasteiger partial charge in [-0.3, -0.25) is 4.98 Å². The lowest BCUT2D eigenvalue weighted by Crippen LogP contribution is -2.08. The van der Waals surface area contributed by atoms with Crippen LogP contribution >= 0.6 is 11.6 Å². The number of pyridine rings is 2. The van der Waals surface area contributed by atoms with Gasteiger partial charge in [0.2, 0.25) is 0 Å². The van der Waals surface area contributed by atoms with Crippen molar-refractivity contribution in [2.24, 2.45) is 0 Å². The van der Waals surface area contributed by atoms with Crippen LogP contribution < -0.4 is 11.1 Å². The molecule has 3 aromatic rings. The second-order valence-electron chi connectivity index (χ2n) is 4.76. The highest BCUT2D eigenvalue weighted by atomic mass is 35.5. The Labute approximate surface area is 128 Å². The van der Waals surface area contributed by atoms with Crippen molar-refractivity contribution in [1.29, 1.82) is 0 Å². The lowest BCUT2D eigenvalue weighted by Gasteiger charge is -2.09. The van der Waals surface area contributed by atoms with E-state index >= 15 is 0 Å². The zero-order valence-electron chi connectivity index (χ0n) is 11.4. The molecule has 0 radical (unpaired) electrons. The number of nitrogens with two attached hydrogens (primary N) is 1. The number of nitrogens with one attached hydrogen (secondary N) is 1. The number of para-hydroxylation sites is 1. The fourth-order valence-electron chi connectivity index (χ4n) is 2.29. The number of anilines is 2. The molecule has 0 unspecified atom stereocenters. The molecule has 0 bridgehead atoms. The van der Waals surface area contributed by atoms with Gasteiger partial charge in [-0.05, 0) is 24.1 Å². The molecule has 0 saturated heterocycles. The standard InChI is InChI=1S/C16H15ClN4/c17-13-9-14(18)16(21-10-13)20-8-6-12-4-1-3-11-5-2-7-19-15(11)12/h1-5,7,9-10H,6,8,18H2,(H,20,21). The zero-order valence-corrected chi connectivity index (χ0v) is 12.1. The second-order valence-corrected chi connectivity index (χ2v) is 5.20. The van der Waals surface area contributed by atoms with Gasteiger partial charge in [0.05, 0.1) is 16.2 Å². The predicted octanol–water partition coefficient (Wildman–Crippen LogP) is 3.52. The van der Waals surface area contributed by atoms with E-state index < -0.39 is 0 Å². The molecule has 0 spiro atoms. The summed E-state index contributed by atoms with van der Waals surface area (Å²) in [5.74, 6) is 0.660. The molecule has 0 amide bonds. The Morgan fingerprint density at radius 2 is 2.00 bits per heavy atom. The number of nitrogens with zero attached hydrogens (tertiary/aromatic N) is 2. The van der Waals surface area contributed by atoms with Crippen LogP contribution in [-0.2, 0) is 6.42 Å². The average molecular weight is 299 g/mol. The number of hydrogen-bond donors (Lipinski definition) is 2. The normalized spacial score (nSPS) is 10.7. The fourth-order valence-corrected chi connectivity index (χ4v) is 2.45. The van der Waals surface area contributed by atoms with Crippen LogP contribution in [0.3, 0.4) is 0 Å². The SMILES string of the molecule is Nc1cc(Cl)cnc1NCCc1cccc2cccnc12. The molecular weight excluding hydrogens is 284 g/mol. The highest BCUT2D eigenvalue weighted by molar-refractivity contribution is 6.30. The Balaban J connectivity index is 1.72. The maximum absolute atomic E-state index is 5.87. The molecule has 5 heteroatoms. The average Bonchev–Trinajstić information content (AvgIpc) is 2.50. The van der Waals surface area contributed by atoms with Gasteiger partial charge in [0.1, 0.15) is 5.82 Å². The van der Waals surface area contributed by atoms with Crippen molar-refractivity contribution in [3.8, 4) is 0 Å². The van der Waals surface area contributed by atoms with Gasteiger partial charge in [0, 0.05) is 24.3 Å². The van der Waals surface area contributed by atoms with Crippen LogP contribution in [0.1, 0.15) is 5.56 Å². The van der Waals surface area contributed by atoms with Crippen molar-refractivity contribution in [3.63, 3.8) is 0 Å². The van der Waals surface area contributed by atoms with E-state index in [1.807, 2.05) is 18.3 Å². The predicted molar refractivity (Wildman–Crippen MR) is 87.6 cm³/mol. The molecule has 3 rings (SSSR count). The molecule has 2 aromatic heterocycles. The molecule has 1 aromatic carbocycles. The van der Waals surface area contributed by atoms with Gasteiger partial charge in [0.15, 0.2) is 0 Å². The Kier molecular flexibility index (Phi) is 3.88. The Morgan fingerprint density at radius 1 is 1.14 bits per heavy atom. The summed E-state index contributed by atoms with van der Waals surface area (Å²) < 4.78 is 0. The third kappa shape index (κ3) is 3.06. The minimum atomic E-state index is 0.538. The summed E-state index contributed by atoms with van der Waals surface area (Å²) >= 11 is 5.83. The van der Waals surface area contributed by atoms with Crippen molar-refractivity contribution in [1.82, 2.24) is 9.97 Å². The quantitative estimate of drug-likeness (QED) is 0.773. The summed E-state index contributed by atoms with van der Waals surface area (Å²) in [6.45, 7) is 0.731. The highest BCUT2D eigenvalue weighted by Crippen LogP contribution is 2.20. The smallest absolute Gasteiger partial charge is 0.149 e. The fraction of sp³-hybridized carbons (Fsp3) is 0.125. The van der Waals surface area contributed by atoms with Crippen molar-refractivity contribution in [2.45, 2.75) is 6.42 Å². The lowest BCUT2D eigenvalue weighted by molar-refractivity contribution is 1.01. The summed E-state index contributed by atoms with van der Waals surface area (Å²) in [7, 11) is 0. The Hall–Kier alpha value is -2.33. The first kappa shape index (κ1) is 13.6. The largest absolute Gasteiger partial charge is 0.396 e. The van der Waals surface area contributed by atoms with E-state index in [1.165, 1.54) is 5.56 Å². The molecule has 21 heavy (non-hydrogen) atoms. The molecule has 0 aliphatic carbocycles. The maximum Gasteiger partial charge on any atom is 0.149 e. The summed E-state index contributed by atoms with van der Waals surface area (Å²) in [5, 5.41) is 4.92. The van der Waals surface area contributed by atoms with Crippen molar-refractivity contribution in [3.05, 3.63) is 59.4 Å². The Morgan fingerprint density at radius 3 is 2.86 bits per heavy atom. The first-order valence-corrected chi connectivity index (χ1v) is 7.09. The van der Waals surface area contributed by atoms with Gasteiger partial charge in [-0.15, -0.1) is 0 Å². The van der Waals surface area contributed by atoms with E-state index in [9.17, 15) is 0 Å². The molecule has 0 aliphatic rings. The van der Waals surface area contributed by atoms with Gasteiger partial charge < -0.3 is 11.1 Å². The van der Waals surface area contributed by atoms with Crippen LogP contribution in [-0.4, -0.2) is 16.5 Å². The van der Waals surface area contributed by atoms with Gasteiger partial charge in [-0.1, -0.05) is 35.9 Å². The van der Waals surface area contributed by atoms with Crippen LogP contribution in [0.5, 0.6) is 0 Å². The van der Waals surface area contributed by atoms with Crippen LogP contribution in [0, 0.1) is 0 Å². The summed E-state index contributed by atoms with van der Waals surface area (Å²) in [6.07, 6.45) is 4.25. The third-order valence-corrected chi connectivity index (χ3v) is 3.49. The molecule has 2 heterocycles. The molecule has 3 N–H and O–H groups in total. The monoisotopic (exact) mass is 298 g/mol. The van der Waals surface area contributed by atoms with E-state index in [0.717, 1.165) is 23.9 Å². The van der Waals surface area contributed by atoms with Gasteiger partial charge in [-0.2, -0.15) is 0 Å². The highest BCUT2D eigenvalue weighted by Gasteiger charge is 2.04.